The van der Waals surface area contributed by atoms with Gasteiger partial charge in [-0.1, -0.05) is 13.3 Å². The first kappa shape index (κ1) is 12.5. The highest BCUT2D eigenvalue weighted by Gasteiger charge is 2.09. The second-order valence-corrected chi connectivity index (χ2v) is 3.94. The molecule has 1 heterocycles. The number of hydrogen-bond donors (Lipinski definition) is 1. The molecular formula is C10H18N4O2. The molecule has 1 aromatic heterocycles. The predicted molar refractivity (Wildman–Crippen MR) is 60.0 cm³/mol. The van der Waals surface area contributed by atoms with Crippen molar-refractivity contribution in [3.8, 4) is 0 Å². The minimum absolute atomic E-state index is 0.0201. The van der Waals surface area contributed by atoms with Crippen LogP contribution in [0, 0.1) is 0 Å². The van der Waals surface area contributed by atoms with E-state index in [2.05, 4.69) is 17.3 Å². The van der Waals surface area contributed by atoms with Crippen LogP contribution in [0.1, 0.15) is 26.7 Å². The molecule has 0 fully saturated rings. The van der Waals surface area contributed by atoms with Crippen molar-refractivity contribution in [2.45, 2.75) is 39.3 Å². The third kappa shape index (κ3) is 3.22. The van der Waals surface area contributed by atoms with Crippen molar-refractivity contribution in [1.82, 2.24) is 19.7 Å². The lowest BCUT2D eigenvalue weighted by Gasteiger charge is -2.11. The lowest BCUT2D eigenvalue weighted by atomic mass is 10.2. The van der Waals surface area contributed by atoms with E-state index in [1.165, 1.54) is 10.9 Å². The van der Waals surface area contributed by atoms with Gasteiger partial charge in [-0.05, 0) is 13.3 Å². The third-order valence-electron chi connectivity index (χ3n) is 2.31. The molecule has 0 saturated carbocycles. The van der Waals surface area contributed by atoms with Crippen LogP contribution < -0.4 is 11.0 Å². The van der Waals surface area contributed by atoms with E-state index in [-0.39, 0.29) is 24.2 Å². The van der Waals surface area contributed by atoms with Gasteiger partial charge in [-0.3, -0.25) is 9.36 Å². The Hall–Kier alpha value is -1.59. The van der Waals surface area contributed by atoms with Crippen LogP contribution in [0.5, 0.6) is 0 Å². The van der Waals surface area contributed by atoms with E-state index in [0.29, 0.717) is 0 Å². The minimum atomic E-state index is -0.279. The summed E-state index contributed by atoms with van der Waals surface area (Å²) in [5, 5.41) is 6.63. The lowest BCUT2D eigenvalue weighted by Crippen LogP contribution is -2.37. The Morgan fingerprint density at radius 1 is 1.62 bits per heavy atom. The van der Waals surface area contributed by atoms with E-state index in [1.807, 2.05) is 6.92 Å². The van der Waals surface area contributed by atoms with Gasteiger partial charge in [-0.15, -0.1) is 0 Å². The monoisotopic (exact) mass is 226 g/mol. The number of hydrogen-bond acceptors (Lipinski definition) is 3. The molecule has 0 saturated heterocycles. The van der Waals surface area contributed by atoms with E-state index in [1.54, 1.807) is 7.05 Å². The number of carbonyl (C=O) groups excluding carboxylic acids is 1. The van der Waals surface area contributed by atoms with Gasteiger partial charge in [0.05, 0.1) is 0 Å². The Morgan fingerprint density at radius 3 is 2.81 bits per heavy atom. The number of amides is 1. The van der Waals surface area contributed by atoms with Crippen LogP contribution in [0.25, 0.3) is 0 Å². The van der Waals surface area contributed by atoms with Gasteiger partial charge in [0.15, 0.2) is 0 Å². The second-order valence-electron chi connectivity index (χ2n) is 3.94. The summed E-state index contributed by atoms with van der Waals surface area (Å²) in [5.74, 6) is -0.179. The van der Waals surface area contributed by atoms with E-state index in [9.17, 15) is 9.59 Å². The fourth-order valence-corrected chi connectivity index (χ4v) is 1.49. The van der Waals surface area contributed by atoms with Gasteiger partial charge in [-0.2, -0.15) is 5.10 Å². The molecule has 0 aliphatic carbocycles. The molecule has 0 radical (unpaired) electrons. The van der Waals surface area contributed by atoms with Crippen LogP contribution in [0.3, 0.4) is 0 Å². The average Bonchev–Trinajstić information content (AvgIpc) is 2.50. The highest BCUT2D eigenvalue weighted by atomic mass is 16.2. The first-order chi connectivity index (χ1) is 7.54. The third-order valence-corrected chi connectivity index (χ3v) is 2.31. The standard InChI is InChI=1S/C10H18N4O2/c1-4-5-8(2)12-9(15)6-14-10(16)13(3)7-11-14/h7-8H,4-6H2,1-3H3,(H,12,15). The van der Waals surface area contributed by atoms with Gasteiger partial charge in [0.2, 0.25) is 5.91 Å². The van der Waals surface area contributed by atoms with Crippen LogP contribution in [0.4, 0.5) is 0 Å². The summed E-state index contributed by atoms with van der Waals surface area (Å²) in [6.45, 7) is 3.99. The molecule has 16 heavy (non-hydrogen) atoms. The highest BCUT2D eigenvalue weighted by molar-refractivity contribution is 5.75. The highest BCUT2D eigenvalue weighted by Crippen LogP contribution is 1.94. The summed E-state index contributed by atoms with van der Waals surface area (Å²) < 4.78 is 2.48. The van der Waals surface area contributed by atoms with Crippen molar-refractivity contribution in [3.63, 3.8) is 0 Å². The molecule has 0 aliphatic heterocycles. The Morgan fingerprint density at radius 2 is 2.31 bits per heavy atom. The SMILES string of the molecule is CCCC(C)NC(=O)Cn1ncn(C)c1=O. The number of aryl methyl sites for hydroxylation is 1. The first-order valence-electron chi connectivity index (χ1n) is 5.42. The normalized spacial score (nSPS) is 12.4. The molecule has 1 unspecified atom stereocenters. The second kappa shape index (κ2) is 5.48. The molecule has 6 heteroatoms. The van der Waals surface area contributed by atoms with Crippen molar-refractivity contribution in [3.05, 3.63) is 16.8 Å². The predicted octanol–water partition coefficient (Wildman–Crippen LogP) is -0.113. The van der Waals surface area contributed by atoms with Gasteiger partial charge in [0, 0.05) is 13.1 Å². The smallest absolute Gasteiger partial charge is 0.345 e. The zero-order valence-electron chi connectivity index (χ0n) is 9.93. The molecule has 1 aromatic rings. The summed E-state index contributed by atoms with van der Waals surface area (Å²) in [6.07, 6.45) is 3.35. The topological polar surface area (TPSA) is 68.9 Å². The van der Waals surface area contributed by atoms with Crippen LogP contribution >= 0.6 is 0 Å². The van der Waals surface area contributed by atoms with Crippen LogP contribution in [0.2, 0.25) is 0 Å². The quantitative estimate of drug-likeness (QED) is 0.761. The number of rotatable bonds is 5. The Labute approximate surface area is 94.3 Å². The van der Waals surface area contributed by atoms with Crippen molar-refractivity contribution in [1.29, 1.82) is 0 Å². The van der Waals surface area contributed by atoms with Crippen LogP contribution in [0.15, 0.2) is 11.1 Å². The van der Waals surface area contributed by atoms with E-state index in [0.717, 1.165) is 17.5 Å². The molecule has 1 rings (SSSR count). The molecule has 1 N–H and O–H groups in total. The minimum Gasteiger partial charge on any atom is -0.352 e. The van der Waals surface area contributed by atoms with Gasteiger partial charge < -0.3 is 5.32 Å². The van der Waals surface area contributed by atoms with Crippen LogP contribution in [-0.2, 0) is 18.4 Å². The van der Waals surface area contributed by atoms with Crippen molar-refractivity contribution < 1.29 is 4.79 Å². The van der Waals surface area contributed by atoms with Gasteiger partial charge >= 0.3 is 5.69 Å². The van der Waals surface area contributed by atoms with Crippen molar-refractivity contribution in [2.24, 2.45) is 7.05 Å². The summed E-state index contributed by atoms with van der Waals surface area (Å²) in [5.41, 5.74) is -0.279. The molecule has 1 amide bonds. The average molecular weight is 226 g/mol. The maximum Gasteiger partial charge on any atom is 0.345 e. The Bertz CT molecular complexity index is 407. The number of aromatic nitrogens is 3. The largest absolute Gasteiger partial charge is 0.352 e. The molecule has 0 bridgehead atoms. The summed E-state index contributed by atoms with van der Waals surface area (Å²) in [7, 11) is 1.60. The number of nitrogens with zero attached hydrogens (tertiary/aromatic N) is 3. The zero-order valence-corrected chi connectivity index (χ0v) is 9.93. The zero-order chi connectivity index (χ0) is 12.1. The van der Waals surface area contributed by atoms with Crippen LogP contribution in [-0.4, -0.2) is 26.3 Å². The molecular weight excluding hydrogens is 208 g/mol. The molecule has 90 valence electrons. The van der Waals surface area contributed by atoms with E-state index in [4.69, 9.17) is 0 Å². The van der Waals surface area contributed by atoms with Gasteiger partial charge in [0.25, 0.3) is 0 Å². The lowest BCUT2D eigenvalue weighted by molar-refractivity contribution is -0.122. The molecule has 0 aliphatic rings. The van der Waals surface area contributed by atoms with Gasteiger partial charge in [-0.25, -0.2) is 9.48 Å². The van der Waals surface area contributed by atoms with E-state index >= 15 is 0 Å². The Kier molecular flexibility index (Phi) is 4.28. The number of carbonyl (C=O) groups is 1. The molecule has 0 spiro atoms. The van der Waals surface area contributed by atoms with Crippen molar-refractivity contribution in [2.75, 3.05) is 0 Å². The Balaban J connectivity index is 2.52. The summed E-state index contributed by atoms with van der Waals surface area (Å²) >= 11 is 0. The molecule has 1 atom stereocenters. The first-order valence-corrected chi connectivity index (χ1v) is 5.42. The molecule has 6 nitrogen and oxygen atoms in total. The summed E-state index contributed by atoms with van der Waals surface area (Å²) in [6, 6.07) is 0.136. The maximum absolute atomic E-state index is 11.5. The fraction of sp³-hybridized carbons (Fsp3) is 0.700. The van der Waals surface area contributed by atoms with E-state index < -0.39 is 0 Å². The molecule has 0 aromatic carbocycles. The van der Waals surface area contributed by atoms with Gasteiger partial charge in [0.1, 0.15) is 12.9 Å². The maximum atomic E-state index is 11.5. The number of nitrogens with one attached hydrogen (secondary N) is 1. The summed E-state index contributed by atoms with van der Waals surface area (Å²) in [4.78, 5) is 22.9. The van der Waals surface area contributed by atoms with Crippen molar-refractivity contribution >= 4 is 5.91 Å². The fourth-order valence-electron chi connectivity index (χ4n) is 1.49.